The number of hydrogen-bond acceptors (Lipinski definition) is 5. The van der Waals surface area contributed by atoms with E-state index in [9.17, 15) is 0 Å². The zero-order valence-electron chi connectivity index (χ0n) is 10.7. The van der Waals surface area contributed by atoms with E-state index in [0.29, 0.717) is 29.0 Å². The van der Waals surface area contributed by atoms with E-state index in [0.717, 1.165) is 18.4 Å². The highest BCUT2D eigenvalue weighted by molar-refractivity contribution is 6.30. The van der Waals surface area contributed by atoms with Crippen LogP contribution in [0.3, 0.4) is 0 Å². The maximum absolute atomic E-state index is 5.90. The molecular formula is C13H16ClN3O2. The highest BCUT2D eigenvalue weighted by Crippen LogP contribution is 2.23. The molecule has 0 saturated heterocycles. The van der Waals surface area contributed by atoms with Gasteiger partial charge in [-0.3, -0.25) is 0 Å². The summed E-state index contributed by atoms with van der Waals surface area (Å²) in [5.41, 5.74) is 6.50. The molecule has 1 heterocycles. The fourth-order valence-electron chi connectivity index (χ4n) is 1.65. The topological polar surface area (TPSA) is 74.2 Å². The zero-order chi connectivity index (χ0) is 13.7. The SMILES string of the molecule is CCCc1nc(COc2ccc(Cl)cc2CN)no1. The number of nitrogens with two attached hydrogens (primary N) is 1. The Balaban J connectivity index is 2.01. The van der Waals surface area contributed by atoms with Crippen LogP contribution < -0.4 is 10.5 Å². The van der Waals surface area contributed by atoms with E-state index in [2.05, 4.69) is 17.1 Å². The first-order chi connectivity index (χ1) is 9.22. The average Bonchev–Trinajstić information content (AvgIpc) is 2.85. The molecule has 0 bridgehead atoms. The van der Waals surface area contributed by atoms with Gasteiger partial charge < -0.3 is 15.0 Å². The van der Waals surface area contributed by atoms with Gasteiger partial charge in [-0.25, -0.2) is 0 Å². The second-order valence-electron chi connectivity index (χ2n) is 4.10. The molecule has 6 heteroatoms. The minimum absolute atomic E-state index is 0.252. The van der Waals surface area contributed by atoms with Crippen LogP contribution in [0.15, 0.2) is 22.7 Å². The first kappa shape index (κ1) is 13.8. The van der Waals surface area contributed by atoms with E-state index < -0.39 is 0 Å². The molecule has 1 aromatic heterocycles. The lowest BCUT2D eigenvalue weighted by molar-refractivity contribution is 0.282. The standard InChI is InChI=1S/C13H16ClN3O2/c1-2-3-13-16-12(17-19-13)8-18-11-5-4-10(14)6-9(11)7-15/h4-6H,2-3,7-8,15H2,1H3. The molecular weight excluding hydrogens is 266 g/mol. The molecule has 0 saturated carbocycles. The molecule has 0 aliphatic rings. The van der Waals surface area contributed by atoms with Crippen molar-refractivity contribution in [3.63, 3.8) is 0 Å². The Kier molecular flexibility index (Phi) is 4.76. The summed E-state index contributed by atoms with van der Waals surface area (Å²) in [5.74, 6) is 1.85. The fraction of sp³-hybridized carbons (Fsp3) is 0.385. The quantitative estimate of drug-likeness (QED) is 0.881. The molecule has 0 spiro atoms. The van der Waals surface area contributed by atoms with Crippen molar-refractivity contribution in [2.45, 2.75) is 32.9 Å². The predicted octanol–water partition coefficient (Wildman–Crippen LogP) is 2.71. The minimum atomic E-state index is 0.252. The van der Waals surface area contributed by atoms with Gasteiger partial charge in [0, 0.05) is 23.6 Å². The summed E-state index contributed by atoms with van der Waals surface area (Å²) < 4.78 is 10.7. The van der Waals surface area contributed by atoms with Gasteiger partial charge >= 0.3 is 0 Å². The van der Waals surface area contributed by atoms with Crippen LogP contribution in [0, 0.1) is 0 Å². The van der Waals surface area contributed by atoms with E-state index in [1.54, 1.807) is 18.2 Å². The van der Waals surface area contributed by atoms with Gasteiger partial charge in [0.05, 0.1) is 0 Å². The van der Waals surface area contributed by atoms with E-state index in [4.69, 9.17) is 26.6 Å². The van der Waals surface area contributed by atoms with Gasteiger partial charge in [0.1, 0.15) is 5.75 Å². The van der Waals surface area contributed by atoms with Crippen LogP contribution in [-0.4, -0.2) is 10.1 Å². The lowest BCUT2D eigenvalue weighted by atomic mass is 10.2. The lowest BCUT2D eigenvalue weighted by Crippen LogP contribution is -2.03. The summed E-state index contributed by atoms with van der Waals surface area (Å²) in [6.45, 7) is 2.67. The van der Waals surface area contributed by atoms with Crippen molar-refractivity contribution in [1.29, 1.82) is 0 Å². The summed E-state index contributed by atoms with van der Waals surface area (Å²) in [6, 6.07) is 5.34. The number of rotatable bonds is 6. The average molecular weight is 282 g/mol. The number of halogens is 1. The summed E-state index contributed by atoms with van der Waals surface area (Å²) in [6.07, 6.45) is 1.75. The van der Waals surface area contributed by atoms with E-state index in [1.807, 2.05) is 0 Å². The van der Waals surface area contributed by atoms with Gasteiger partial charge in [-0.15, -0.1) is 0 Å². The van der Waals surface area contributed by atoms with E-state index >= 15 is 0 Å². The molecule has 0 fully saturated rings. The Labute approximate surface area is 116 Å². The third kappa shape index (κ3) is 3.68. The van der Waals surface area contributed by atoms with Crippen LogP contribution in [0.25, 0.3) is 0 Å². The smallest absolute Gasteiger partial charge is 0.226 e. The Bertz CT molecular complexity index is 542. The van der Waals surface area contributed by atoms with Gasteiger partial charge in [-0.2, -0.15) is 4.98 Å². The maximum Gasteiger partial charge on any atom is 0.226 e. The first-order valence-corrected chi connectivity index (χ1v) is 6.53. The lowest BCUT2D eigenvalue weighted by Gasteiger charge is -2.08. The number of aromatic nitrogens is 2. The maximum atomic E-state index is 5.90. The molecule has 19 heavy (non-hydrogen) atoms. The molecule has 0 unspecified atom stereocenters. The summed E-state index contributed by atoms with van der Waals surface area (Å²) in [7, 11) is 0. The van der Waals surface area contributed by atoms with Crippen molar-refractivity contribution in [1.82, 2.24) is 10.1 Å². The molecule has 1 aromatic carbocycles. The second-order valence-corrected chi connectivity index (χ2v) is 4.54. The Hall–Kier alpha value is -1.59. The van der Waals surface area contributed by atoms with Crippen molar-refractivity contribution in [3.8, 4) is 5.75 Å². The Morgan fingerprint density at radius 1 is 1.42 bits per heavy atom. The Morgan fingerprint density at radius 3 is 3.00 bits per heavy atom. The molecule has 2 rings (SSSR count). The van der Waals surface area contributed by atoms with E-state index in [1.165, 1.54) is 0 Å². The summed E-state index contributed by atoms with van der Waals surface area (Å²) in [5, 5.41) is 4.49. The number of aryl methyl sites for hydroxylation is 1. The van der Waals surface area contributed by atoms with Gasteiger partial charge in [-0.05, 0) is 24.6 Å². The van der Waals surface area contributed by atoms with Crippen LogP contribution in [0.5, 0.6) is 5.75 Å². The van der Waals surface area contributed by atoms with Gasteiger partial charge in [0.15, 0.2) is 6.61 Å². The van der Waals surface area contributed by atoms with Gasteiger partial charge in [0.2, 0.25) is 11.7 Å². The summed E-state index contributed by atoms with van der Waals surface area (Å²) >= 11 is 5.90. The van der Waals surface area contributed by atoms with Crippen LogP contribution in [0.4, 0.5) is 0 Å². The van der Waals surface area contributed by atoms with Crippen LogP contribution in [-0.2, 0) is 19.6 Å². The monoisotopic (exact) mass is 281 g/mol. The highest BCUT2D eigenvalue weighted by Gasteiger charge is 2.08. The number of benzene rings is 1. The van der Waals surface area contributed by atoms with Crippen molar-refractivity contribution in [2.24, 2.45) is 5.73 Å². The molecule has 0 aliphatic heterocycles. The predicted molar refractivity (Wildman–Crippen MR) is 72.0 cm³/mol. The van der Waals surface area contributed by atoms with Crippen LogP contribution in [0.1, 0.15) is 30.6 Å². The van der Waals surface area contributed by atoms with Crippen molar-refractivity contribution < 1.29 is 9.26 Å². The minimum Gasteiger partial charge on any atom is -0.485 e. The largest absolute Gasteiger partial charge is 0.485 e. The normalized spacial score (nSPS) is 10.7. The molecule has 0 radical (unpaired) electrons. The van der Waals surface area contributed by atoms with Gasteiger partial charge in [-0.1, -0.05) is 23.7 Å². The molecule has 5 nitrogen and oxygen atoms in total. The number of hydrogen-bond donors (Lipinski definition) is 1. The van der Waals surface area contributed by atoms with E-state index in [-0.39, 0.29) is 6.61 Å². The number of nitrogens with zero attached hydrogens (tertiary/aromatic N) is 2. The highest BCUT2D eigenvalue weighted by atomic mass is 35.5. The zero-order valence-corrected chi connectivity index (χ0v) is 11.5. The fourth-order valence-corrected chi connectivity index (χ4v) is 1.85. The van der Waals surface area contributed by atoms with Gasteiger partial charge in [0.25, 0.3) is 0 Å². The molecule has 2 aromatic rings. The number of ether oxygens (including phenoxy) is 1. The summed E-state index contributed by atoms with van der Waals surface area (Å²) in [4.78, 5) is 4.23. The molecule has 0 amide bonds. The third-order valence-corrected chi connectivity index (χ3v) is 2.81. The van der Waals surface area contributed by atoms with Crippen molar-refractivity contribution in [3.05, 3.63) is 40.5 Å². The second kappa shape index (κ2) is 6.54. The Morgan fingerprint density at radius 2 is 2.26 bits per heavy atom. The molecule has 0 aliphatic carbocycles. The van der Waals surface area contributed by atoms with Crippen LogP contribution >= 0.6 is 11.6 Å². The molecule has 102 valence electrons. The first-order valence-electron chi connectivity index (χ1n) is 6.15. The third-order valence-electron chi connectivity index (χ3n) is 2.57. The van der Waals surface area contributed by atoms with Crippen molar-refractivity contribution >= 4 is 11.6 Å². The van der Waals surface area contributed by atoms with Crippen molar-refractivity contribution in [2.75, 3.05) is 0 Å². The molecule has 0 atom stereocenters. The van der Waals surface area contributed by atoms with Crippen LogP contribution in [0.2, 0.25) is 5.02 Å². The molecule has 2 N–H and O–H groups in total.